The molecule has 1 amide bonds. The van der Waals surface area contributed by atoms with Crippen LogP contribution < -0.4 is 10.1 Å². The second-order valence-electron chi connectivity index (χ2n) is 7.72. The Hall–Kier alpha value is -2.37. The van der Waals surface area contributed by atoms with Crippen LogP contribution in [0.2, 0.25) is 0 Å². The van der Waals surface area contributed by atoms with Crippen LogP contribution >= 0.6 is 0 Å². The van der Waals surface area contributed by atoms with Gasteiger partial charge in [0.1, 0.15) is 11.5 Å². The summed E-state index contributed by atoms with van der Waals surface area (Å²) in [5, 5.41) is 3.11. The minimum atomic E-state index is -0.215. The van der Waals surface area contributed by atoms with E-state index in [-0.39, 0.29) is 23.7 Å². The summed E-state index contributed by atoms with van der Waals surface area (Å²) in [4.78, 5) is 11.7. The first-order valence-electron chi connectivity index (χ1n) is 9.97. The molecule has 2 aliphatic heterocycles. The number of rotatable bonds is 4. The molecule has 2 aromatic carbocycles. The van der Waals surface area contributed by atoms with Crippen molar-refractivity contribution in [2.24, 2.45) is 0 Å². The van der Waals surface area contributed by atoms with E-state index in [9.17, 15) is 4.79 Å². The third kappa shape index (κ3) is 4.54. The van der Waals surface area contributed by atoms with E-state index in [0.29, 0.717) is 13.2 Å². The number of para-hydroxylation sites is 1. The third-order valence-electron chi connectivity index (χ3n) is 5.55. The lowest BCUT2D eigenvalue weighted by molar-refractivity contribution is -0.179. The molecule has 2 heterocycles. The molecule has 2 saturated heterocycles. The number of ether oxygens (including phenoxy) is 3. The topological polar surface area (TPSA) is 56.8 Å². The van der Waals surface area contributed by atoms with Crippen molar-refractivity contribution in [3.63, 3.8) is 0 Å². The Morgan fingerprint density at radius 1 is 1.04 bits per heavy atom. The Balaban J connectivity index is 1.50. The average Bonchev–Trinajstić information content (AvgIpc) is 2.69. The minimum Gasteiger partial charge on any atom is -0.457 e. The first-order valence-corrected chi connectivity index (χ1v) is 9.97. The lowest BCUT2D eigenvalue weighted by atomic mass is 9.81. The molecule has 5 heteroatoms. The van der Waals surface area contributed by atoms with E-state index in [2.05, 4.69) is 17.4 Å². The van der Waals surface area contributed by atoms with E-state index in [4.69, 9.17) is 14.2 Å². The molecule has 148 valence electrons. The monoisotopic (exact) mass is 381 g/mol. The zero-order valence-corrected chi connectivity index (χ0v) is 16.2. The van der Waals surface area contributed by atoms with Gasteiger partial charge in [-0.3, -0.25) is 4.79 Å². The SMILES string of the molecule is CC(=O)N[C@@H]1C[C@H](c2ccc(Oc3ccccc3)cc2)OC2(CCOCC2)C1. The van der Waals surface area contributed by atoms with Crippen LogP contribution in [-0.4, -0.2) is 30.8 Å². The van der Waals surface area contributed by atoms with Gasteiger partial charge in [-0.25, -0.2) is 0 Å². The number of carbonyl (C=O) groups is 1. The molecule has 0 bridgehead atoms. The van der Waals surface area contributed by atoms with Crippen molar-refractivity contribution in [3.8, 4) is 11.5 Å². The lowest BCUT2D eigenvalue weighted by Gasteiger charge is -2.47. The first-order chi connectivity index (χ1) is 13.6. The summed E-state index contributed by atoms with van der Waals surface area (Å²) in [5.74, 6) is 1.63. The van der Waals surface area contributed by atoms with Crippen LogP contribution in [0.15, 0.2) is 54.6 Å². The molecule has 5 nitrogen and oxygen atoms in total. The van der Waals surface area contributed by atoms with Crippen LogP contribution in [0.3, 0.4) is 0 Å². The van der Waals surface area contributed by atoms with Gasteiger partial charge in [-0.1, -0.05) is 30.3 Å². The van der Waals surface area contributed by atoms with Crippen molar-refractivity contribution < 1.29 is 19.0 Å². The van der Waals surface area contributed by atoms with Gasteiger partial charge in [0.25, 0.3) is 0 Å². The summed E-state index contributed by atoms with van der Waals surface area (Å²) in [6.45, 7) is 3.00. The van der Waals surface area contributed by atoms with Gasteiger partial charge in [-0.05, 0) is 55.5 Å². The van der Waals surface area contributed by atoms with E-state index in [0.717, 1.165) is 42.7 Å². The maximum Gasteiger partial charge on any atom is 0.217 e. The van der Waals surface area contributed by atoms with Crippen LogP contribution in [0.25, 0.3) is 0 Å². The van der Waals surface area contributed by atoms with E-state index < -0.39 is 0 Å². The molecule has 0 saturated carbocycles. The highest BCUT2D eigenvalue weighted by Crippen LogP contribution is 2.43. The zero-order chi connectivity index (χ0) is 19.4. The molecule has 0 aliphatic carbocycles. The fourth-order valence-electron chi connectivity index (χ4n) is 4.23. The van der Waals surface area contributed by atoms with Crippen LogP contribution in [0.4, 0.5) is 0 Å². The summed E-state index contributed by atoms with van der Waals surface area (Å²) < 4.78 is 18.0. The molecule has 2 aromatic rings. The summed E-state index contributed by atoms with van der Waals surface area (Å²) >= 11 is 0. The van der Waals surface area contributed by atoms with Crippen LogP contribution in [0.5, 0.6) is 11.5 Å². The lowest BCUT2D eigenvalue weighted by Crippen LogP contribution is -2.51. The standard InChI is InChI=1S/C23H27NO4/c1-17(25)24-19-15-22(28-23(16-19)11-13-26-14-12-23)18-7-9-21(10-8-18)27-20-5-3-2-4-6-20/h2-10,19,22H,11-16H2,1H3,(H,24,25)/t19-,22-/m1/s1. The zero-order valence-electron chi connectivity index (χ0n) is 16.2. The maximum absolute atomic E-state index is 11.7. The molecule has 2 atom stereocenters. The maximum atomic E-state index is 11.7. The number of amides is 1. The van der Waals surface area contributed by atoms with E-state index >= 15 is 0 Å². The average molecular weight is 381 g/mol. The van der Waals surface area contributed by atoms with Gasteiger partial charge in [-0.2, -0.15) is 0 Å². The highest BCUT2D eigenvalue weighted by molar-refractivity contribution is 5.73. The van der Waals surface area contributed by atoms with Gasteiger partial charge in [-0.15, -0.1) is 0 Å². The van der Waals surface area contributed by atoms with E-state index in [1.807, 2.05) is 42.5 Å². The van der Waals surface area contributed by atoms with Crippen LogP contribution in [0.1, 0.15) is 44.3 Å². The first kappa shape index (κ1) is 19.0. The number of nitrogens with one attached hydrogen (secondary N) is 1. The predicted molar refractivity (Wildman–Crippen MR) is 106 cm³/mol. The highest BCUT2D eigenvalue weighted by Gasteiger charge is 2.43. The number of carbonyl (C=O) groups excluding carboxylic acids is 1. The molecule has 0 unspecified atom stereocenters. The Morgan fingerprint density at radius 2 is 1.71 bits per heavy atom. The Labute approximate surface area is 166 Å². The van der Waals surface area contributed by atoms with Gasteiger partial charge < -0.3 is 19.5 Å². The Kier molecular flexibility index (Phi) is 5.64. The van der Waals surface area contributed by atoms with Crippen molar-refractivity contribution >= 4 is 5.91 Å². The summed E-state index contributed by atoms with van der Waals surface area (Å²) in [6, 6.07) is 17.9. The molecule has 0 radical (unpaired) electrons. The summed E-state index contributed by atoms with van der Waals surface area (Å²) in [5.41, 5.74) is 0.898. The van der Waals surface area contributed by atoms with Gasteiger partial charge in [0.05, 0.1) is 11.7 Å². The molecule has 2 aliphatic rings. The molecule has 0 aromatic heterocycles. The fraction of sp³-hybridized carbons (Fsp3) is 0.435. The van der Waals surface area contributed by atoms with Crippen molar-refractivity contribution in [2.75, 3.05) is 13.2 Å². The quantitative estimate of drug-likeness (QED) is 0.854. The van der Waals surface area contributed by atoms with Crippen molar-refractivity contribution in [1.82, 2.24) is 5.32 Å². The molecule has 2 fully saturated rings. The Morgan fingerprint density at radius 3 is 2.39 bits per heavy atom. The van der Waals surface area contributed by atoms with Crippen molar-refractivity contribution in [2.45, 2.75) is 50.4 Å². The van der Waals surface area contributed by atoms with Crippen LogP contribution in [0, 0.1) is 0 Å². The van der Waals surface area contributed by atoms with Crippen molar-refractivity contribution in [1.29, 1.82) is 0 Å². The summed E-state index contributed by atoms with van der Waals surface area (Å²) in [7, 11) is 0. The van der Waals surface area contributed by atoms with Gasteiger partial charge in [0.15, 0.2) is 0 Å². The molecule has 1 spiro atoms. The molecular formula is C23H27NO4. The van der Waals surface area contributed by atoms with E-state index in [1.54, 1.807) is 6.92 Å². The third-order valence-corrected chi connectivity index (χ3v) is 5.55. The molecule has 28 heavy (non-hydrogen) atoms. The van der Waals surface area contributed by atoms with Crippen molar-refractivity contribution in [3.05, 3.63) is 60.2 Å². The fourth-order valence-corrected chi connectivity index (χ4v) is 4.23. The minimum absolute atomic E-state index is 0.0134. The van der Waals surface area contributed by atoms with Gasteiger partial charge >= 0.3 is 0 Å². The highest BCUT2D eigenvalue weighted by atomic mass is 16.5. The normalized spacial score (nSPS) is 23.9. The number of benzene rings is 2. The smallest absolute Gasteiger partial charge is 0.217 e. The van der Waals surface area contributed by atoms with Gasteiger partial charge in [0, 0.05) is 26.2 Å². The van der Waals surface area contributed by atoms with E-state index in [1.165, 1.54) is 0 Å². The second-order valence-corrected chi connectivity index (χ2v) is 7.72. The molecule has 4 rings (SSSR count). The Bertz CT molecular complexity index is 784. The van der Waals surface area contributed by atoms with Crippen LogP contribution in [-0.2, 0) is 14.3 Å². The summed E-state index contributed by atoms with van der Waals surface area (Å²) in [6.07, 6.45) is 3.32. The largest absolute Gasteiger partial charge is 0.457 e. The second kappa shape index (κ2) is 8.33. The number of hydrogen-bond donors (Lipinski definition) is 1. The molecule has 1 N–H and O–H groups in total. The number of hydrogen-bond acceptors (Lipinski definition) is 4. The molecular weight excluding hydrogens is 354 g/mol. The van der Waals surface area contributed by atoms with Gasteiger partial charge in [0.2, 0.25) is 5.91 Å². The predicted octanol–water partition coefficient (Wildman–Crippen LogP) is 4.38.